The van der Waals surface area contributed by atoms with Crippen LogP contribution in [0.15, 0.2) is 53.4 Å². The number of benzene rings is 3. The predicted molar refractivity (Wildman–Crippen MR) is 138 cm³/mol. The Kier molecular flexibility index (Phi) is 9.22. The van der Waals surface area contributed by atoms with Crippen LogP contribution in [-0.4, -0.2) is 22.1 Å². The van der Waals surface area contributed by atoms with E-state index in [1.54, 1.807) is 53.8 Å². The average Bonchev–Trinajstić information content (AvgIpc) is 2.85. The second-order valence-corrected chi connectivity index (χ2v) is 9.82. The largest absolute Gasteiger partial charge is 0.422 e. The number of rotatable bonds is 7. The number of nitrogens with one attached hydrogen (secondary N) is 3. The van der Waals surface area contributed by atoms with Crippen molar-refractivity contribution in [3.8, 4) is 0 Å². The molecule has 206 valence electrons. The summed E-state index contributed by atoms with van der Waals surface area (Å²) < 4.78 is 94.2. The fourth-order valence-corrected chi connectivity index (χ4v) is 4.36. The summed E-state index contributed by atoms with van der Waals surface area (Å²) in [6.07, 6.45) is -5.70. The van der Waals surface area contributed by atoms with E-state index in [1.807, 2.05) is 0 Å². The lowest BCUT2D eigenvalue weighted by atomic mass is 10.1. The van der Waals surface area contributed by atoms with Crippen LogP contribution in [-0.2, 0) is 11.0 Å². The lowest BCUT2D eigenvalue weighted by Crippen LogP contribution is -2.25. The molecule has 3 aromatic rings. The molecule has 5 nitrogen and oxygen atoms in total. The van der Waals surface area contributed by atoms with Gasteiger partial charge in [0.1, 0.15) is 11.3 Å². The number of ketones is 1. The fourth-order valence-electron chi connectivity index (χ4n) is 3.20. The predicted octanol–water partition coefficient (Wildman–Crippen LogP) is 7.39. The van der Waals surface area contributed by atoms with Crippen LogP contribution in [0.4, 0.5) is 47.8 Å². The number of hydrogen-bond donors (Lipinski definition) is 3. The number of alkyl halides is 3. The van der Waals surface area contributed by atoms with Gasteiger partial charge in [0.15, 0.2) is 34.2 Å². The zero-order valence-electron chi connectivity index (χ0n) is 20.0. The first-order chi connectivity index (χ1) is 18.2. The Hall–Kier alpha value is -3.65. The van der Waals surface area contributed by atoms with Crippen LogP contribution in [0.2, 0.25) is 0 Å². The van der Waals surface area contributed by atoms with Gasteiger partial charge in [0, 0.05) is 21.8 Å². The first kappa shape index (κ1) is 29.9. The number of carbonyl (C=O) groups excluding carboxylic acids is 2. The van der Waals surface area contributed by atoms with Gasteiger partial charge < -0.3 is 16.0 Å². The minimum absolute atomic E-state index is 0.0894. The summed E-state index contributed by atoms with van der Waals surface area (Å²) in [6, 6.07) is 13.0. The summed E-state index contributed by atoms with van der Waals surface area (Å²) in [5, 5.41) is 6.57. The van der Waals surface area contributed by atoms with Crippen LogP contribution in [0, 0.1) is 23.3 Å². The van der Waals surface area contributed by atoms with Crippen molar-refractivity contribution in [2.75, 3.05) is 16.0 Å². The van der Waals surface area contributed by atoms with Gasteiger partial charge in [0.2, 0.25) is 5.91 Å². The highest BCUT2D eigenvalue weighted by atomic mass is 32.2. The molecule has 39 heavy (non-hydrogen) atoms. The maximum absolute atomic E-state index is 14.1. The lowest BCUT2D eigenvalue weighted by Gasteiger charge is -2.17. The van der Waals surface area contributed by atoms with Crippen LogP contribution in [0.5, 0.6) is 0 Å². The molecule has 1 unspecified atom stereocenters. The van der Waals surface area contributed by atoms with Gasteiger partial charge in [-0.05, 0) is 68.5 Å². The average molecular weight is 590 g/mol. The zero-order chi connectivity index (χ0) is 29.1. The smallest absolute Gasteiger partial charge is 0.332 e. The van der Waals surface area contributed by atoms with E-state index in [4.69, 9.17) is 12.2 Å². The van der Waals surface area contributed by atoms with E-state index in [-0.39, 0.29) is 10.9 Å². The molecule has 0 fully saturated rings. The molecule has 3 N–H and O–H groups in total. The summed E-state index contributed by atoms with van der Waals surface area (Å²) >= 11 is 6.15. The van der Waals surface area contributed by atoms with Gasteiger partial charge in [-0.1, -0.05) is 6.07 Å². The summed E-state index contributed by atoms with van der Waals surface area (Å²) in [5.41, 5.74) is -2.76. The van der Waals surface area contributed by atoms with Gasteiger partial charge in [-0.2, -0.15) is 13.2 Å². The van der Waals surface area contributed by atoms with E-state index < -0.39 is 51.9 Å². The minimum atomic E-state index is -5.70. The number of amides is 1. The molecule has 0 aliphatic carbocycles. The highest BCUT2D eigenvalue weighted by Crippen LogP contribution is 2.38. The van der Waals surface area contributed by atoms with E-state index in [0.717, 1.165) is 11.8 Å². The molecule has 0 radical (unpaired) electrons. The van der Waals surface area contributed by atoms with Crippen LogP contribution >= 0.6 is 24.0 Å². The number of carbonyl (C=O) groups is 2. The topological polar surface area (TPSA) is 70.2 Å². The SMILES string of the molecule is CC(=O)c1ccc(NC(=S)Nc2cccc(SC(C)C(=O)Nc3c(F)c(F)c(C(F)(F)F)c(F)c3F)c2)cc1. The van der Waals surface area contributed by atoms with Crippen molar-refractivity contribution in [2.45, 2.75) is 30.2 Å². The van der Waals surface area contributed by atoms with Crippen molar-refractivity contribution in [2.24, 2.45) is 0 Å². The Balaban J connectivity index is 1.67. The van der Waals surface area contributed by atoms with Crippen LogP contribution in [0.1, 0.15) is 29.8 Å². The van der Waals surface area contributed by atoms with Crippen molar-refractivity contribution in [1.29, 1.82) is 0 Å². The molecule has 0 saturated carbocycles. The lowest BCUT2D eigenvalue weighted by molar-refractivity contribution is -0.143. The normalized spacial score (nSPS) is 12.0. The molecule has 14 heteroatoms. The molecule has 3 aromatic carbocycles. The maximum Gasteiger partial charge on any atom is 0.422 e. The molecule has 0 aliphatic rings. The third kappa shape index (κ3) is 7.26. The van der Waals surface area contributed by atoms with Crippen molar-refractivity contribution in [1.82, 2.24) is 0 Å². The molecule has 0 aromatic heterocycles. The van der Waals surface area contributed by atoms with Crippen molar-refractivity contribution < 1.29 is 40.3 Å². The summed E-state index contributed by atoms with van der Waals surface area (Å²) in [5.74, 6) is -11.3. The van der Waals surface area contributed by atoms with E-state index in [9.17, 15) is 40.3 Å². The number of hydrogen-bond acceptors (Lipinski definition) is 4. The van der Waals surface area contributed by atoms with Crippen molar-refractivity contribution in [3.05, 3.63) is 82.9 Å². The summed E-state index contributed by atoms with van der Waals surface area (Å²) in [7, 11) is 0. The fraction of sp³-hybridized carbons (Fsp3) is 0.160. The van der Waals surface area contributed by atoms with Crippen LogP contribution in [0.3, 0.4) is 0 Å². The number of thioether (sulfide) groups is 1. The van der Waals surface area contributed by atoms with E-state index in [2.05, 4.69) is 10.6 Å². The highest BCUT2D eigenvalue weighted by Gasteiger charge is 2.42. The number of anilines is 3. The highest BCUT2D eigenvalue weighted by molar-refractivity contribution is 8.00. The molecular weight excluding hydrogens is 571 g/mol. The Morgan fingerprint density at radius 3 is 1.95 bits per heavy atom. The molecule has 3 rings (SSSR count). The molecule has 0 bridgehead atoms. The van der Waals surface area contributed by atoms with Gasteiger partial charge in [-0.3, -0.25) is 9.59 Å². The number of thiocarbonyl (C=S) groups is 1. The molecule has 0 heterocycles. The van der Waals surface area contributed by atoms with Crippen molar-refractivity contribution >= 4 is 57.8 Å². The van der Waals surface area contributed by atoms with Gasteiger partial charge in [0.25, 0.3) is 0 Å². The summed E-state index contributed by atoms with van der Waals surface area (Å²) in [6.45, 7) is 2.75. The third-order valence-corrected chi connectivity index (χ3v) is 6.42. The monoisotopic (exact) mass is 589 g/mol. The quantitative estimate of drug-likeness (QED) is 0.0878. The molecule has 0 aliphatic heterocycles. The first-order valence-electron chi connectivity index (χ1n) is 10.9. The number of Topliss-reactive ketones (excluding diaryl/α,β-unsaturated/α-hetero) is 1. The van der Waals surface area contributed by atoms with E-state index in [1.165, 1.54) is 13.8 Å². The van der Waals surface area contributed by atoms with Gasteiger partial charge in [-0.25, -0.2) is 17.6 Å². The Morgan fingerprint density at radius 2 is 1.41 bits per heavy atom. The molecule has 1 atom stereocenters. The third-order valence-electron chi connectivity index (χ3n) is 5.12. The second-order valence-electron chi connectivity index (χ2n) is 7.99. The second kappa shape index (κ2) is 12.0. The number of halogens is 7. The Bertz CT molecular complexity index is 1400. The Labute approximate surface area is 227 Å². The molecule has 0 saturated heterocycles. The summed E-state index contributed by atoms with van der Waals surface area (Å²) in [4.78, 5) is 24.3. The van der Waals surface area contributed by atoms with Gasteiger partial charge >= 0.3 is 6.18 Å². The first-order valence-corrected chi connectivity index (χ1v) is 12.2. The van der Waals surface area contributed by atoms with E-state index in [0.29, 0.717) is 21.8 Å². The maximum atomic E-state index is 14.1. The molecular formula is C25H18F7N3O2S2. The van der Waals surface area contributed by atoms with Gasteiger partial charge in [-0.15, -0.1) is 11.8 Å². The standard InChI is InChI=1S/C25H18F7N3O2S2/c1-11(36)13-6-8-14(9-7-13)33-24(38)34-15-4-3-5-16(10-15)39-12(2)23(37)35-22-20(28)18(26)17(25(30,31)32)19(27)21(22)29/h3-10,12H,1-2H3,(H,35,37)(H2,33,34,38). The zero-order valence-corrected chi connectivity index (χ0v) is 21.6. The van der Waals surface area contributed by atoms with Gasteiger partial charge in [0.05, 0.1) is 5.25 Å². The van der Waals surface area contributed by atoms with Crippen molar-refractivity contribution in [3.63, 3.8) is 0 Å². The molecule has 0 spiro atoms. The minimum Gasteiger partial charge on any atom is -0.332 e. The van der Waals surface area contributed by atoms with Crippen LogP contribution in [0.25, 0.3) is 0 Å². The van der Waals surface area contributed by atoms with E-state index >= 15 is 0 Å². The Morgan fingerprint density at radius 1 is 0.846 bits per heavy atom. The van der Waals surface area contributed by atoms with Crippen LogP contribution < -0.4 is 16.0 Å². The molecule has 1 amide bonds.